The normalized spacial score (nSPS) is 20.9. The van der Waals surface area contributed by atoms with Crippen molar-refractivity contribution in [2.75, 3.05) is 18.5 Å². The standard InChI is InChI=1S/C23H30N4O2S/c1-13(2)8-17-16-11-29-23(3,4)9-15(16)18-19-20(30-22(18)27-17)21(26-12-25-19)24-10-14-6-5-7-28-14/h12-14H,5-11H2,1-4H3,(H,24,25,26)/t14-/m1/s1. The van der Waals surface area contributed by atoms with E-state index in [-0.39, 0.29) is 11.7 Å². The van der Waals surface area contributed by atoms with Gasteiger partial charge in [-0.1, -0.05) is 13.8 Å². The summed E-state index contributed by atoms with van der Waals surface area (Å²) in [5.74, 6) is 1.44. The molecule has 0 bridgehead atoms. The van der Waals surface area contributed by atoms with E-state index < -0.39 is 0 Å². The number of ether oxygens (including phenoxy) is 2. The average Bonchev–Trinajstić information content (AvgIpc) is 3.32. The van der Waals surface area contributed by atoms with Crippen LogP contribution in [0, 0.1) is 5.92 Å². The lowest BCUT2D eigenvalue weighted by molar-refractivity contribution is -0.0402. The fourth-order valence-electron chi connectivity index (χ4n) is 4.57. The summed E-state index contributed by atoms with van der Waals surface area (Å²) < 4.78 is 13.0. The Kier molecular flexibility index (Phi) is 5.16. The first-order chi connectivity index (χ1) is 14.4. The predicted molar refractivity (Wildman–Crippen MR) is 121 cm³/mol. The van der Waals surface area contributed by atoms with Crippen molar-refractivity contribution in [1.82, 2.24) is 15.0 Å². The Bertz CT molecular complexity index is 1090. The Morgan fingerprint density at radius 1 is 1.27 bits per heavy atom. The molecule has 0 aromatic carbocycles. The van der Waals surface area contributed by atoms with Gasteiger partial charge in [-0.25, -0.2) is 15.0 Å². The van der Waals surface area contributed by atoms with Crippen molar-refractivity contribution in [3.05, 3.63) is 23.1 Å². The maximum absolute atomic E-state index is 6.18. The van der Waals surface area contributed by atoms with E-state index in [2.05, 4.69) is 38.0 Å². The van der Waals surface area contributed by atoms with Crippen molar-refractivity contribution >= 4 is 37.6 Å². The molecule has 2 aliphatic rings. The number of aromatic nitrogens is 3. The van der Waals surface area contributed by atoms with Crippen LogP contribution in [0.3, 0.4) is 0 Å². The SMILES string of the molecule is CC(C)Cc1nc2sc3c(NC[C@H]4CCCO4)ncnc3c2c2c1COC(C)(C)C2. The first-order valence-corrected chi connectivity index (χ1v) is 11.8. The molecule has 5 heterocycles. The topological polar surface area (TPSA) is 69.2 Å². The first kappa shape index (κ1) is 20.1. The first-order valence-electron chi connectivity index (χ1n) is 11.0. The smallest absolute Gasteiger partial charge is 0.147 e. The second-order valence-corrected chi connectivity index (χ2v) is 10.5. The summed E-state index contributed by atoms with van der Waals surface area (Å²) in [7, 11) is 0. The van der Waals surface area contributed by atoms with Crippen molar-refractivity contribution in [3.63, 3.8) is 0 Å². The average molecular weight is 427 g/mol. The molecule has 7 heteroatoms. The molecule has 0 saturated carbocycles. The number of nitrogens with one attached hydrogen (secondary N) is 1. The lowest BCUT2D eigenvalue weighted by Gasteiger charge is -2.33. The number of rotatable bonds is 5. The van der Waals surface area contributed by atoms with Gasteiger partial charge < -0.3 is 14.8 Å². The largest absolute Gasteiger partial charge is 0.376 e. The maximum Gasteiger partial charge on any atom is 0.147 e. The molecule has 0 radical (unpaired) electrons. The molecule has 30 heavy (non-hydrogen) atoms. The highest BCUT2D eigenvalue weighted by molar-refractivity contribution is 7.26. The van der Waals surface area contributed by atoms with Gasteiger partial charge in [-0.05, 0) is 44.6 Å². The highest BCUT2D eigenvalue weighted by Gasteiger charge is 2.32. The minimum Gasteiger partial charge on any atom is -0.376 e. The molecule has 1 N–H and O–H groups in total. The molecule has 3 aromatic rings. The van der Waals surface area contributed by atoms with Crippen LogP contribution < -0.4 is 5.32 Å². The molecule has 0 spiro atoms. The van der Waals surface area contributed by atoms with Crippen LogP contribution in [0.1, 0.15) is 57.4 Å². The van der Waals surface area contributed by atoms with E-state index in [9.17, 15) is 0 Å². The molecule has 1 saturated heterocycles. The van der Waals surface area contributed by atoms with Gasteiger partial charge in [0, 0.05) is 36.2 Å². The number of fused-ring (bicyclic) bond motifs is 5. The Balaban J connectivity index is 1.64. The summed E-state index contributed by atoms with van der Waals surface area (Å²) >= 11 is 1.70. The Hall–Kier alpha value is -1.83. The fourth-order valence-corrected chi connectivity index (χ4v) is 5.71. The van der Waals surface area contributed by atoms with Crippen LogP contribution in [0.5, 0.6) is 0 Å². The van der Waals surface area contributed by atoms with Crippen molar-refractivity contribution in [2.24, 2.45) is 5.92 Å². The van der Waals surface area contributed by atoms with E-state index in [1.54, 1.807) is 17.7 Å². The van der Waals surface area contributed by atoms with Gasteiger partial charge in [-0.2, -0.15) is 0 Å². The Morgan fingerprint density at radius 3 is 2.90 bits per heavy atom. The maximum atomic E-state index is 6.18. The van der Waals surface area contributed by atoms with Crippen LogP contribution in [0.25, 0.3) is 20.4 Å². The van der Waals surface area contributed by atoms with Crippen LogP contribution in [0.15, 0.2) is 6.33 Å². The van der Waals surface area contributed by atoms with Crippen LogP contribution in [-0.2, 0) is 28.9 Å². The summed E-state index contributed by atoms with van der Waals surface area (Å²) in [6, 6.07) is 0. The second kappa shape index (κ2) is 7.70. The quantitative estimate of drug-likeness (QED) is 0.627. The predicted octanol–water partition coefficient (Wildman–Crippen LogP) is 4.88. The summed E-state index contributed by atoms with van der Waals surface area (Å²) in [5.41, 5.74) is 4.64. The molecule has 1 atom stereocenters. The molecule has 0 unspecified atom stereocenters. The highest BCUT2D eigenvalue weighted by atomic mass is 32.1. The second-order valence-electron chi connectivity index (χ2n) is 9.54. The van der Waals surface area contributed by atoms with Gasteiger partial charge in [-0.15, -0.1) is 11.3 Å². The monoisotopic (exact) mass is 426 g/mol. The lowest BCUT2D eigenvalue weighted by atomic mass is 9.88. The van der Waals surface area contributed by atoms with Crippen molar-refractivity contribution in [3.8, 4) is 0 Å². The number of anilines is 1. The molecular formula is C23H30N4O2S. The van der Waals surface area contributed by atoms with Crippen LogP contribution in [0.4, 0.5) is 5.82 Å². The lowest BCUT2D eigenvalue weighted by Crippen LogP contribution is -2.33. The summed E-state index contributed by atoms with van der Waals surface area (Å²) in [4.78, 5) is 15.4. The van der Waals surface area contributed by atoms with E-state index in [1.807, 2.05) is 0 Å². The van der Waals surface area contributed by atoms with E-state index in [0.717, 1.165) is 59.7 Å². The Labute approximate surface area is 181 Å². The molecule has 0 amide bonds. The third-order valence-corrected chi connectivity index (χ3v) is 7.12. The molecule has 2 aliphatic heterocycles. The van der Waals surface area contributed by atoms with Gasteiger partial charge in [0.05, 0.1) is 28.5 Å². The van der Waals surface area contributed by atoms with Crippen LogP contribution in [0.2, 0.25) is 0 Å². The molecule has 5 rings (SSSR count). The number of pyridine rings is 1. The van der Waals surface area contributed by atoms with E-state index in [1.165, 1.54) is 22.2 Å². The number of thiophene rings is 1. The third kappa shape index (κ3) is 3.67. The summed E-state index contributed by atoms with van der Waals surface area (Å²) in [6.07, 6.45) is 6.03. The van der Waals surface area contributed by atoms with Gasteiger partial charge in [0.15, 0.2) is 0 Å². The van der Waals surface area contributed by atoms with Gasteiger partial charge >= 0.3 is 0 Å². The van der Waals surface area contributed by atoms with Crippen molar-refractivity contribution in [2.45, 2.75) is 71.7 Å². The molecular weight excluding hydrogens is 396 g/mol. The van der Waals surface area contributed by atoms with E-state index in [4.69, 9.17) is 19.4 Å². The molecule has 160 valence electrons. The van der Waals surface area contributed by atoms with Gasteiger partial charge in [0.1, 0.15) is 17.0 Å². The zero-order valence-electron chi connectivity index (χ0n) is 18.2. The van der Waals surface area contributed by atoms with E-state index in [0.29, 0.717) is 12.5 Å². The van der Waals surface area contributed by atoms with Gasteiger partial charge in [-0.3, -0.25) is 0 Å². The minimum absolute atomic E-state index is 0.182. The molecule has 3 aromatic heterocycles. The fraction of sp³-hybridized carbons (Fsp3) is 0.609. The number of hydrogen-bond donors (Lipinski definition) is 1. The zero-order valence-corrected chi connectivity index (χ0v) is 19.1. The summed E-state index contributed by atoms with van der Waals surface area (Å²) in [5, 5.41) is 4.71. The molecule has 0 aliphatic carbocycles. The third-order valence-electron chi connectivity index (χ3n) is 6.04. The van der Waals surface area contributed by atoms with Gasteiger partial charge in [0.2, 0.25) is 0 Å². The van der Waals surface area contributed by atoms with Gasteiger partial charge in [0.25, 0.3) is 0 Å². The summed E-state index contributed by atoms with van der Waals surface area (Å²) in [6.45, 7) is 11.1. The number of hydrogen-bond acceptors (Lipinski definition) is 7. The van der Waals surface area contributed by atoms with Crippen molar-refractivity contribution < 1.29 is 9.47 Å². The van der Waals surface area contributed by atoms with Crippen LogP contribution >= 0.6 is 11.3 Å². The van der Waals surface area contributed by atoms with Crippen molar-refractivity contribution in [1.29, 1.82) is 0 Å². The Morgan fingerprint density at radius 2 is 2.13 bits per heavy atom. The molecule has 1 fully saturated rings. The molecule has 6 nitrogen and oxygen atoms in total. The minimum atomic E-state index is -0.182. The highest BCUT2D eigenvalue weighted by Crippen LogP contribution is 2.42. The zero-order chi connectivity index (χ0) is 20.9. The number of nitrogens with zero attached hydrogens (tertiary/aromatic N) is 3. The van der Waals surface area contributed by atoms with E-state index >= 15 is 0 Å². The van der Waals surface area contributed by atoms with Crippen LogP contribution in [-0.4, -0.2) is 39.8 Å².